The molecule has 4 aromatic rings. The van der Waals surface area contributed by atoms with E-state index in [1.807, 2.05) is 12.1 Å². The Bertz CT molecular complexity index is 1620. The summed E-state index contributed by atoms with van der Waals surface area (Å²) in [6, 6.07) is 6.48. The molecule has 1 aromatic carbocycles. The lowest BCUT2D eigenvalue weighted by molar-refractivity contribution is -0.129. The van der Waals surface area contributed by atoms with Gasteiger partial charge in [-0.3, -0.25) is 14.0 Å². The van der Waals surface area contributed by atoms with Crippen LogP contribution in [0.1, 0.15) is 47.6 Å². The minimum absolute atomic E-state index is 0.0473. The number of nitrogens with zero attached hydrogens (tertiary/aromatic N) is 6. The fraction of sp³-hybridized carbons (Fsp3) is 0.370. The number of anilines is 2. The minimum atomic E-state index is -2.74. The molecule has 3 aromatic heterocycles. The van der Waals surface area contributed by atoms with Crippen LogP contribution in [0.25, 0.3) is 17.0 Å². The van der Waals surface area contributed by atoms with E-state index < -0.39 is 23.6 Å². The quantitative estimate of drug-likeness (QED) is 0.393. The third kappa shape index (κ3) is 4.75. The van der Waals surface area contributed by atoms with Gasteiger partial charge in [0.2, 0.25) is 23.5 Å². The van der Waals surface area contributed by atoms with Gasteiger partial charge >= 0.3 is 0 Å². The standard InChI is InChI=1S/C27H26F3N7O3/c1-15-20(28)9-17(24-33-26(40-34-24)18-12-27(29,30)13-18)10-21(15)32-25(39)22-14-31-23-11-19(3-4-37(22)23)36-7-5-35(6-8-36)16(2)38/h3-4,9-11,14,18H,5-8,12-13H2,1-2H3,(H,32,39). The van der Waals surface area contributed by atoms with Crippen molar-refractivity contribution in [1.29, 1.82) is 0 Å². The molecular formula is C27H26F3N7O3. The van der Waals surface area contributed by atoms with Crippen LogP contribution in [0.3, 0.4) is 0 Å². The maximum absolute atomic E-state index is 14.8. The van der Waals surface area contributed by atoms with Crippen LogP contribution in [0.4, 0.5) is 24.5 Å². The zero-order valence-corrected chi connectivity index (χ0v) is 21.8. The van der Waals surface area contributed by atoms with Crippen molar-refractivity contribution in [2.24, 2.45) is 0 Å². The summed E-state index contributed by atoms with van der Waals surface area (Å²) in [5.74, 6) is -4.18. The summed E-state index contributed by atoms with van der Waals surface area (Å²) in [4.78, 5) is 37.4. The van der Waals surface area contributed by atoms with Gasteiger partial charge in [0, 0.05) is 86.6 Å². The Morgan fingerprint density at radius 1 is 1.12 bits per heavy atom. The van der Waals surface area contributed by atoms with E-state index in [4.69, 9.17) is 4.52 Å². The number of carbonyl (C=O) groups excluding carboxylic acids is 2. The smallest absolute Gasteiger partial charge is 0.274 e. The van der Waals surface area contributed by atoms with Gasteiger partial charge in [-0.1, -0.05) is 5.16 Å². The third-order valence-electron chi connectivity index (χ3n) is 7.55. The first-order valence-corrected chi connectivity index (χ1v) is 12.9. The van der Waals surface area contributed by atoms with Crippen LogP contribution in [0.2, 0.25) is 0 Å². The summed E-state index contributed by atoms with van der Waals surface area (Å²) in [5, 5.41) is 6.57. The Labute approximate surface area is 226 Å². The van der Waals surface area contributed by atoms with E-state index in [0.717, 1.165) is 5.69 Å². The number of amides is 2. The minimum Gasteiger partial charge on any atom is -0.368 e. The Kier molecular flexibility index (Phi) is 6.23. The number of aromatic nitrogens is 4. The fourth-order valence-electron chi connectivity index (χ4n) is 5.09. The van der Waals surface area contributed by atoms with Crippen LogP contribution in [0.5, 0.6) is 0 Å². The second-order valence-electron chi connectivity index (χ2n) is 10.3. The van der Waals surface area contributed by atoms with Crippen molar-refractivity contribution in [3.63, 3.8) is 0 Å². The zero-order valence-electron chi connectivity index (χ0n) is 21.8. The van der Waals surface area contributed by atoms with E-state index in [-0.39, 0.29) is 53.0 Å². The molecule has 1 saturated heterocycles. The number of benzene rings is 1. The number of pyridine rings is 1. The van der Waals surface area contributed by atoms with Gasteiger partial charge in [-0.2, -0.15) is 4.98 Å². The van der Waals surface area contributed by atoms with Gasteiger partial charge in [0.15, 0.2) is 0 Å². The molecule has 10 nitrogen and oxygen atoms in total. The van der Waals surface area contributed by atoms with Crippen molar-refractivity contribution in [2.45, 2.75) is 38.5 Å². The Hall–Kier alpha value is -4.42. The van der Waals surface area contributed by atoms with E-state index in [1.165, 1.54) is 25.3 Å². The average Bonchev–Trinajstić information content (AvgIpc) is 3.57. The van der Waals surface area contributed by atoms with E-state index in [9.17, 15) is 22.8 Å². The second kappa shape index (κ2) is 9.65. The maximum atomic E-state index is 14.8. The number of piperazine rings is 1. The van der Waals surface area contributed by atoms with Crippen molar-refractivity contribution in [3.8, 4) is 11.4 Å². The van der Waals surface area contributed by atoms with Gasteiger partial charge in [0.05, 0.1) is 6.20 Å². The maximum Gasteiger partial charge on any atom is 0.274 e. The number of hydrogen-bond donors (Lipinski definition) is 1. The number of carbonyl (C=O) groups is 2. The predicted molar refractivity (Wildman–Crippen MR) is 139 cm³/mol. The number of halogens is 3. The van der Waals surface area contributed by atoms with Crippen LogP contribution in [0.15, 0.2) is 41.2 Å². The molecule has 40 heavy (non-hydrogen) atoms. The Morgan fingerprint density at radius 2 is 1.88 bits per heavy atom. The molecule has 0 radical (unpaired) electrons. The van der Waals surface area contributed by atoms with Gasteiger partial charge < -0.3 is 19.6 Å². The first-order chi connectivity index (χ1) is 19.1. The van der Waals surface area contributed by atoms with Gasteiger partial charge in [0.25, 0.3) is 5.91 Å². The van der Waals surface area contributed by atoms with Gasteiger partial charge in [-0.05, 0) is 25.1 Å². The molecule has 2 amide bonds. The lowest BCUT2D eigenvalue weighted by atomic mass is 9.81. The lowest BCUT2D eigenvalue weighted by Gasteiger charge is -2.35. The first kappa shape index (κ1) is 25.8. The van der Waals surface area contributed by atoms with Crippen LogP contribution >= 0.6 is 0 Å². The summed E-state index contributed by atoms with van der Waals surface area (Å²) in [5.41, 5.74) is 2.41. The van der Waals surface area contributed by atoms with E-state index >= 15 is 0 Å². The molecule has 208 valence electrons. The number of alkyl halides is 2. The van der Waals surface area contributed by atoms with Gasteiger partial charge in [-0.25, -0.2) is 18.2 Å². The summed E-state index contributed by atoms with van der Waals surface area (Å²) in [7, 11) is 0. The van der Waals surface area contributed by atoms with E-state index in [1.54, 1.807) is 22.4 Å². The molecule has 0 atom stereocenters. The molecule has 1 N–H and O–H groups in total. The number of rotatable bonds is 5. The number of hydrogen-bond acceptors (Lipinski definition) is 7. The average molecular weight is 554 g/mol. The van der Waals surface area contributed by atoms with Gasteiger partial charge in [0.1, 0.15) is 17.2 Å². The Morgan fingerprint density at radius 3 is 2.58 bits per heavy atom. The van der Waals surface area contributed by atoms with Crippen molar-refractivity contribution >= 4 is 28.8 Å². The van der Waals surface area contributed by atoms with Crippen molar-refractivity contribution in [2.75, 3.05) is 36.4 Å². The summed E-state index contributed by atoms with van der Waals surface area (Å²) in [6.07, 6.45) is 2.46. The van der Waals surface area contributed by atoms with Crippen molar-refractivity contribution < 1.29 is 27.3 Å². The number of imidazole rings is 1. The highest BCUT2D eigenvalue weighted by molar-refractivity contribution is 6.04. The summed E-state index contributed by atoms with van der Waals surface area (Å²) < 4.78 is 48.1. The molecule has 6 rings (SSSR count). The van der Waals surface area contributed by atoms with Crippen molar-refractivity contribution in [1.82, 2.24) is 24.4 Å². The molecule has 2 aliphatic rings. The molecule has 4 heterocycles. The van der Waals surface area contributed by atoms with Crippen LogP contribution in [-0.2, 0) is 4.79 Å². The van der Waals surface area contributed by atoms with Crippen LogP contribution in [0, 0.1) is 12.7 Å². The fourth-order valence-corrected chi connectivity index (χ4v) is 5.09. The van der Waals surface area contributed by atoms with Gasteiger partial charge in [-0.15, -0.1) is 0 Å². The Balaban J connectivity index is 1.20. The molecule has 1 aliphatic carbocycles. The van der Waals surface area contributed by atoms with Crippen LogP contribution in [-0.4, -0.2) is 68.3 Å². The lowest BCUT2D eigenvalue weighted by Crippen LogP contribution is -2.48. The third-order valence-corrected chi connectivity index (χ3v) is 7.55. The van der Waals surface area contributed by atoms with E-state index in [2.05, 4.69) is 25.3 Å². The highest BCUT2D eigenvalue weighted by Gasteiger charge is 2.48. The highest BCUT2D eigenvalue weighted by atomic mass is 19.3. The largest absolute Gasteiger partial charge is 0.368 e. The van der Waals surface area contributed by atoms with Crippen molar-refractivity contribution in [3.05, 3.63) is 59.6 Å². The highest BCUT2D eigenvalue weighted by Crippen LogP contribution is 2.48. The molecule has 1 aliphatic heterocycles. The van der Waals surface area contributed by atoms with E-state index in [0.29, 0.717) is 31.8 Å². The predicted octanol–water partition coefficient (Wildman–Crippen LogP) is 4.27. The SMILES string of the molecule is CC(=O)N1CCN(c2ccn3c(C(=O)Nc4cc(-c5noc(C6CC(F)(F)C6)n5)cc(F)c4C)cnc3c2)CC1. The number of fused-ring (bicyclic) bond motifs is 1. The molecule has 13 heteroatoms. The van der Waals surface area contributed by atoms with Crippen LogP contribution < -0.4 is 10.2 Å². The molecular weight excluding hydrogens is 527 g/mol. The molecule has 0 bridgehead atoms. The molecule has 1 saturated carbocycles. The monoisotopic (exact) mass is 553 g/mol. The zero-order chi connectivity index (χ0) is 28.2. The molecule has 0 unspecified atom stereocenters. The molecule has 0 spiro atoms. The summed E-state index contributed by atoms with van der Waals surface area (Å²) >= 11 is 0. The number of nitrogens with one attached hydrogen (secondary N) is 1. The normalized spacial score (nSPS) is 17.2. The first-order valence-electron chi connectivity index (χ1n) is 12.9. The molecule has 2 fully saturated rings. The summed E-state index contributed by atoms with van der Waals surface area (Å²) in [6.45, 7) is 5.76. The topological polar surface area (TPSA) is 109 Å². The second-order valence-corrected chi connectivity index (χ2v) is 10.3.